The zero-order chi connectivity index (χ0) is 14.4. The number of ether oxygens (including phenoxy) is 1. The van der Waals surface area contributed by atoms with Crippen molar-refractivity contribution in [2.75, 3.05) is 7.11 Å². The van der Waals surface area contributed by atoms with Crippen molar-refractivity contribution >= 4 is 11.8 Å². The van der Waals surface area contributed by atoms with E-state index in [9.17, 15) is 9.59 Å². The summed E-state index contributed by atoms with van der Waals surface area (Å²) in [5, 5.41) is 0. The van der Waals surface area contributed by atoms with Crippen LogP contribution < -0.4 is 0 Å². The highest BCUT2D eigenvalue weighted by molar-refractivity contribution is 6.10. The van der Waals surface area contributed by atoms with Crippen LogP contribution in [0.2, 0.25) is 0 Å². The molecule has 0 fully saturated rings. The van der Waals surface area contributed by atoms with Crippen molar-refractivity contribution in [1.82, 2.24) is 0 Å². The van der Waals surface area contributed by atoms with Crippen LogP contribution in [0.1, 0.15) is 21.5 Å². The molecule has 0 saturated carbocycles. The SMILES string of the molecule is COC(=O)C#Cc1ccccc1C(=O)c1ccccc1. The largest absolute Gasteiger partial charge is 0.459 e. The Hall–Kier alpha value is -2.86. The summed E-state index contributed by atoms with van der Waals surface area (Å²) in [7, 11) is 1.26. The van der Waals surface area contributed by atoms with Gasteiger partial charge in [0.2, 0.25) is 0 Å². The fourth-order valence-corrected chi connectivity index (χ4v) is 1.70. The Balaban J connectivity index is 2.40. The molecule has 0 aliphatic heterocycles. The molecule has 0 saturated heterocycles. The highest BCUT2D eigenvalue weighted by atomic mass is 16.5. The van der Waals surface area contributed by atoms with Crippen LogP contribution in [0.3, 0.4) is 0 Å². The van der Waals surface area contributed by atoms with Crippen molar-refractivity contribution in [2.45, 2.75) is 0 Å². The lowest BCUT2D eigenvalue weighted by molar-refractivity contribution is -0.133. The third-order valence-electron chi connectivity index (χ3n) is 2.69. The van der Waals surface area contributed by atoms with Crippen LogP contribution in [0, 0.1) is 11.8 Å². The molecule has 0 unspecified atom stereocenters. The maximum Gasteiger partial charge on any atom is 0.384 e. The second-order valence-corrected chi connectivity index (χ2v) is 3.98. The normalized spacial score (nSPS) is 9.25. The van der Waals surface area contributed by atoms with Gasteiger partial charge in [-0.15, -0.1) is 0 Å². The summed E-state index contributed by atoms with van der Waals surface area (Å²) in [6.45, 7) is 0. The van der Waals surface area contributed by atoms with E-state index in [0.29, 0.717) is 16.7 Å². The van der Waals surface area contributed by atoms with Crippen LogP contribution in [-0.4, -0.2) is 18.9 Å². The molecule has 20 heavy (non-hydrogen) atoms. The van der Waals surface area contributed by atoms with Gasteiger partial charge in [0.1, 0.15) is 0 Å². The molecule has 3 heteroatoms. The topological polar surface area (TPSA) is 43.4 Å². The van der Waals surface area contributed by atoms with E-state index < -0.39 is 5.97 Å². The number of rotatable bonds is 2. The van der Waals surface area contributed by atoms with Crippen LogP contribution in [0.5, 0.6) is 0 Å². The van der Waals surface area contributed by atoms with Gasteiger partial charge in [-0.1, -0.05) is 48.4 Å². The van der Waals surface area contributed by atoms with Gasteiger partial charge in [-0.3, -0.25) is 4.79 Å². The first-order chi connectivity index (χ1) is 9.72. The van der Waals surface area contributed by atoms with Crippen molar-refractivity contribution in [3.8, 4) is 11.8 Å². The average Bonchev–Trinajstić information content (AvgIpc) is 2.53. The molecule has 3 nitrogen and oxygen atoms in total. The highest BCUT2D eigenvalue weighted by Gasteiger charge is 2.11. The smallest absolute Gasteiger partial charge is 0.384 e. The van der Waals surface area contributed by atoms with Gasteiger partial charge in [0.25, 0.3) is 0 Å². The molecule has 2 rings (SSSR count). The van der Waals surface area contributed by atoms with E-state index in [1.165, 1.54) is 7.11 Å². The average molecular weight is 264 g/mol. The van der Waals surface area contributed by atoms with E-state index in [1.807, 2.05) is 6.07 Å². The molecule has 0 aliphatic rings. The van der Waals surface area contributed by atoms with Gasteiger partial charge in [-0.05, 0) is 12.1 Å². The molecule has 0 radical (unpaired) electrons. The fourth-order valence-electron chi connectivity index (χ4n) is 1.70. The van der Waals surface area contributed by atoms with E-state index in [1.54, 1.807) is 48.5 Å². The van der Waals surface area contributed by atoms with Gasteiger partial charge in [0.05, 0.1) is 7.11 Å². The minimum absolute atomic E-state index is 0.125. The van der Waals surface area contributed by atoms with Gasteiger partial charge in [0, 0.05) is 22.6 Å². The van der Waals surface area contributed by atoms with Gasteiger partial charge in [0.15, 0.2) is 5.78 Å². The third-order valence-corrected chi connectivity index (χ3v) is 2.69. The van der Waals surface area contributed by atoms with Crippen molar-refractivity contribution < 1.29 is 14.3 Å². The molecule has 0 heterocycles. The Kier molecular flexibility index (Phi) is 4.31. The first-order valence-electron chi connectivity index (χ1n) is 6.01. The van der Waals surface area contributed by atoms with Crippen molar-refractivity contribution in [3.63, 3.8) is 0 Å². The number of carbonyl (C=O) groups is 2. The van der Waals surface area contributed by atoms with Crippen molar-refractivity contribution in [3.05, 3.63) is 71.3 Å². The summed E-state index contributed by atoms with van der Waals surface area (Å²) in [5.41, 5.74) is 1.56. The summed E-state index contributed by atoms with van der Waals surface area (Å²) >= 11 is 0. The van der Waals surface area contributed by atoms with Gasteiger partial charge in [-0.25, -0.2) is 4.79 Å². The standard InChI is InChI=1S/C17H12O3/c1-20-16(18)12-11-13-7-5-6-10-15(13)17(19)14-8-3-2-4-9-14/h2-10H,1H3. The molecular formula is C17H12O3. The van der Waals surface area contributed by atoms with Crippen LogP contribution in [-0.2, 0) is 9.53 Å². The van der Waals surface area contributed by atoms with Crippen molar-refractivity contribution in [2.24, 2.45) is 0 Å². The molecule has 0 spiro atoms. The van der Waals surface area contributed by atoms with Crippen molar-refractivity contribution in [1.29, 1.82) is 0 Å². The molecule has 2 aromatic rings. The summed E-state index contributed by atoms with van der Waals surface area (Å²) < 4.78 is 4.46. The van der Waals surface area contributed by atoms with Crippen LogP contribution >= 0.6 is 0 Å². The summed E-state index contributed by atoms with van der Waals surface area (Å²) in [5.74, 6) is 4.24. The van der Waals surface area contributed by atoms with E-state index in [2.05, 4.69) is 16.6 Å². The molecule has 0 amide bonds. The number of ketones is 1. The molecule has 0 bridgehead atoms. The Morgan fingerprint density at radius 1 is 0.950 bits per heavy atom. The summed E-state index contributed by atoms with van der Waals surface area (Å²) in [6, 6.07) is 15.9. The summed E-state index contributed by atoms with van der Waals surface area (Å²) in [6.07, 6.45) is 0. The number of benzene rings is 2. The zero-order valence-corrected chi connectivity index (χ0v) is 10.9. The van der Waals surface area contributed by atoms with E-state index in [0.717, 1.165) is 0 Å². The lowest BCUT2D eigenvalue weighted by atomic mass is 9.99. The molecule has 0 atom stereocenters. The quantitative estimate of drug-likeness (QED) is 0.475. The van der Waals surface area contributed by atoms with Gasteiger partial charge in [-0.2, -0.15) is 0 Å². The molecule has 0 aromatic heterocycles. The second-order valence-electron chi connectivity index (χ2n) is 3.98. The maximum absolute atomic E-state index is 12.4. The zero-order valence-electron chi connectivity index (χ0n) is 10.9. The minimum Gasteiger partial charge on any atom is -0.459 e. The molecule has 98 valence electrons. The Morgan fingerprint density at radius 3 is 2.30 bits per heavy atom. The number of carbonyl (C=O) groups excluding carboxylic acids is 2. The lowest BCUT2D eigenvalue weighted by Crippen LogP contribution is -2.04. The minimum atomic E-state index is -0.632. The van der Waals surface area contributed by atoms with Crippen LogP contribution in [0.25, 0.3) is 0 Å². The monoisotopic (exact) mass is 264 g/mol. The van der Waals surface area contributed by atoms with Gasteiger partial charge >= 0.3 is 5.97 Å². The molecular weight excluding hydrogens is 252 g/mol. The van der Waals surface area contributed by atoms with Crippen LogP contribution in [0.4, 0.5) is 0 Å². The van der Waals surface area contributed by atoms with Crippen LogP contribution in [0.15, 0.2) is 54.6 Å². The molecule has 2 aromatic carbocycles. The van der Waals surface area contributed by atoms with E-state index >= 15 is 0 Å². The summed E-state index contributed by atoms with van der Waals surface area (Å²) in [4.78, 5) is 23.5. The Morgan fingerprint density at radius 2 is 1.60 bits per heavy atom. The molecule has 0 N–H and O–H groups in total. The second kappa shape index (κ2) is 6.35. The Labute approximate surface area is 117 Å². The first-order valence-corrected chi connectivity index (χ1v) is 6.01. The highest BCUT2D eigenvalue weighted by Crippen LogP contribution is 2.13. The maximum atomic E-state index is 12.4. The van der Waals surface area contributed by atoms with E-state index in [4.69, 9.17) is 0 Å². The number of methoxy groups -OCH3 is 1. The fraction of sp³-hybridized carbons (Fsp3) is 0.0588. The molecule has 0 aliphatic carbocycles. The number of hydrogen-bond donors (Lipinski definition) is 0. The predicted molar refractivity (Wildman–Crippen MR) is 75.2 cm³/mol. The third kappa shape index (κ3) is 3.12. The Bertz CT molecular complexity index is 691. The first kappa shape index (κ1) is 13.6. The van der Waals surface area contributed by atoms with E-state index in [-0.39, 0.29) is 5.78 Å². The lowest BCUT2D eigenvalue weighted by Gasteiger charge is -2.03. The number of esters is 1. The van der Waals surface area contributed by atoms with Gasteiger partial charge < -0.3 is 4.74 Å². The predicted octanol–water partition coefficient (Wildman–Crippen LogP) is 2.44. The number of hydrogen-bond acceptors (Lipinski definition) is 3.